The number of nitrogens with one attached hydrogen (secondary N) is 1. The molecule has 0 radical (unpaired) electrons. The van der Waals surface area contributed by atoms with Crippen molar-refractivity contribution in [2.45, 2.75) is 45.9 Å². The lowest BCUT2D eigenvalue weighted by Gasteiger charge is -2.36. The number of hydrogen-bond donors (Lipinski definition) is 1. The van der Waals surface area contributed by atoms with Gasteiger partial charge in [0.15, 0.2) is 5.17 Å². The molecule has 9 heteroatoms. The number of carbonyl (C=O) groups excluding carboxylic acids is 2. The van der Waals surface area contributed by atoms with Crippen LogP contribution in [0.2, 0.25) is 5.02 Å². The van der Waals surface area contributed by atoms with Crippen molar-refractivity contribution in [3.05, 3.63) is 92.9 Å². The first-order valence-corrected chi connectivity index (χ1v) is 12.4. The lowest BCUT2D eigenvalue weighted by Crippen LogP contribution is -2.38. The standard InChI is InChI=1S/C26H25ClFN3O3S/c1-15(2)34-25(33)23-16(3)30-26-31(24(23)20-6-4-5-7-21(20)27)19(14-35-26)12-22(32)29-13-17-8-10-18(28)11-9-17/h4-11,14-15,24H,12-13H2,1-3H3,(H,29,32). The van der Waals surface area contributed by atoms with Gasteiger partial charge in [-0.05, 0) is 55.5 Å². The number of esters is 1. The Labute approximate surface area is 212 Å². The molecule has 2 aliphatic rings. The van der Waals surface area contributed by atoms with E-state index in [2.05, 4.69) is 10.3 Å². The summed E-state index contributed by atoms with van der Waals surface area (Å²) < 4.78 is 18.7. The van der Waals surface area contributed by atoms with Crippen molar-refractivity contribution < 1.29 is 18.7 Å². The van der Waals surface area contributed by atoms with Gasteiger partial charge in [0.25, 0.3) is 0 Å². The number of rotatable bonds is 7. The average Bonchev–Trinajstić information content (AvgIpc) is 3.19. The maximum atomic E-state index is 13.2. The van der Waals surface area contributed by atoms with Gasteiger partial charge in [0.2, 0.25) is 5.91 Å². The van der Waals surface area contributed by atoms with Gasteiger partial charge in [-0.1, -0.05) is 53.7 Å². The number of halogens is 2. The number of amides is 1. The first-order chi connectivity index (χ1) is 16.7. The summed E-state index contributed by atoms with van der Waals surface area (Å²) in [6, 6.07) is 12.7. The molecule has 2 aromatic rings. The third kappa shape index (κ3) is 5.60. The van der Waals surface area contributed by atoms with E-state index >= 15 is 0 Å². The third-order valence-corrected chi connectivity index (χ3v) is 6.74. The van der Waals surface area contributed by atoms with Gasteiger partial charge in [-0.25, -0.2) is 14.2 Å². The lowest BCUT2D eigenvalue weighted by atomic mass is 9.93. The molecular formula is C26H25ClFN3O3S. The van der Waals surface area contributed by atoms with Gasteiger partial charge < -0.3 is 15.0 Å². The fourth-order valence-electron chi connectivity index (χ4n) is 3.93. The second kappa shape index (κ2) is 10.7. The Bertz CT molecular complexity index is 1240. The molecule has 2 aromatic carbocycles. The number of ether oxygens (including phenoxy) is 1. The van der Waals surface area contributed by atoms with Crippen LogP contribution < -0.4 is 5.32 Å². The molecule has 0 fully saturated rings. The highest BCUT2D eigenvalue weighted by atomic mass is 35.5. The molecule has 1 N–H and O–H groups in total. The SMILES string of the molecule is CC1=C(C(=O)OC(C)C)C(c2ccccc2Cl)N2C(CC(=O)NCc3ccc(F)cc3)=CSC2=N1. The van der Waals surface area contributed by atoms with Crippen molar-refractivity contribution in [1.29, 1.82) is 0 Å². The Morgan fingerprint density at radius 2 is 1.91 bits per heavy atom. The van der Waals surface area contributed by atoms with Crippen molar-refractivity contribution in [1.82, 2.24) is 10.2 Å². The van der Waals surface area contributed by atoms with Gasteiger partial charge in [-0.15, -0.1) is 0 Å². The molecule has 4 rings (SSSR count). The van der Waals surface area contributed by atoms with E-state index in [9.17, 15) is 14.0 Å². The smallest absolute Gasteiger partial charge is 0.338 e. The van der Waals surface area contributed by atoms with Crippen LogP contribution in [0.25, 0.3) is 0 Å². The molecule has 1 amide bonds. The zero-order chi connectivity index (χ0) is 25.1. The molecule has 0 aromatic heterocycles. The molecular weight excluding hydrogens is 489 g/mol. The number of allylic oxidation sites excluding steroid dienone is 1. The molecule has 182 valence electrons. The van der Waals surface area contributed by atoms with E-state index in [0.717, 1.165) is 11.1 Å². The minimum atomic E-state index is -0.589. The zero-order valence-electron chi connectivity index (χ0n) is 19.5. The van der Waals surface area contributed by atoms with Crippen molar-refractivity contribution >= 4 is 40.4 Å². The van der Waals surface area contributed by atoms with Crippen LogP contribution in [-0.2, 0) is 20.9 Å². The van der Waals surface area contributed by atoms with Crippen LogP contribution in [0.15, 0.2) is 75.9 Å². The highest BCUT2D eigenvalue weighted by Crippen LogP contribution is 2.46. The van der Waals surface area contributed by atoms with Gasteiger partial charge in [0.1, 0.15) is 5.82 Å². The molecule has 1 atom stereocenters. The topological polar surface area (TPSA) is 71.0 Å². The third-order valence-electron chi connectivity index (χ3n) is 5.51. The minimum absolute atomic E-state index is 0.0692. The van der Waals surface area contributed by atoms with Crippen molar-refractivity contribution in [3.8, 4) is 0 Å². The molecule has 0 spiro atoms. The van der Waals surface area contributed by atoms with E-state index in [1.54, 1.807) is 39.0 Å². The molecule has 2 heterocycles. The van der Waals surface area contributed by atoms with E-state index in [-0.39, 0.29) is 30.8 Å². The van der Waals surface area contributed by atoms with Crippen LogP contribution >= 0.6 is 23.4 Å². The first kappa shape index (κ1) is 25.0. The summed E-state index contributed by atoms with van der Waals surface area (Å²) in [5.41, 5.74) is 3.14. The van der Waals surface area contributed by atoms with Gasteiger partial charge in [0, 0.05) is 17.3 Å². The van der Waals surface area contributed by atoms with Crippen molar-refractivity contribution in [2.75, 3.05) is 0 Å². The Morgan fingerprint density at radius 3 is 2.60 bits per heavy atom. The Kier molecular flexibility index (Phi) is 7.62. The van der Waals surface area contributed by atoms with Gasteiger partial charge in [0.05, 0.1) is 29.8 Å². The zero-order valence-corrected chi connectivity index (χ0v) is 21.1. The van der Waals surface area contributed by atoms with Crippen LogP contribution in [0.4, 0.5) is 4.39 Å². The predicted octanol–water partition coefficient (Wildman–Crippen LogP) is 5.71. The number of amidine groups is 1. The fourth-order valence-corrected chi connectivity index (χ4v) is 5.13. The number of hydrogen-bond acceptors (Lipinski definition) is 6. The first-order valence-electron chi connectivity index (χ1n) is 11.2. The summed E-state index contributed by atoms with van der Waals surface area (Å²) in [5, 5.41) is 5.89. The second-order valence-corrected chi connectivity index (χ2v) is 9.69. The number of benzene rings is 2. The highest BCUT2D eigenvalue weighted by molar-refractivity contribution is 8.16. The maximum absolute atomic E-state index is 13.2. The second-order valence-electron chi connectivity index (χ2n) is 8.45. The quantitative estimate of drug-likeness (QED) is 0.480. The highest BCUT2D eigenvalue weighted by Gasteiger charge is 2.42. The van der Waals surface area contributed by atoms with Crippen LogP contribution in [0.1, 0.15) is 44.4 Å². The van der Waals surface area contributed by atoms with E-state index in [1.165, 1.54) is 23.9 Å². The Hall–Kier alpha value is -3.10. The Morgan fingerprint density at radius 1 is 1.20 bits per heavy atom. The number of carbonyl (C=O) groups is 2. The summed E-state index contributed by atoms with van der Waals surface area (Å²) in [6.45, 7) is 5.63. The largest absolute Gasteiger partial charge is 0.459 e. The van der Waals surface area contributed by atoms with Crippen LogP contribution in [-0.4, -0.2) is 28.0 Å². The predicted molar refractivity (Wildman–Crippen MR) is 136 cm³/mol. The maximum Gasteiger partial charge on any atom is 0.338 e. The summed E-state index contributed by atoms with van der Waals surface area (Å²) in [4.78, 5) is 32.5. The van der Waals surface area contributed by atoms with E-state index in [4.69, 9.17) is 16.3 Å². The monoisotopic (exact) mass is 513 g/mol. The van der Waals surface area contributed by atoms with E-state index < -0.39 is 12.0 Å². The number of aliphatic imine (C=N–C) groups is 1. The van der Waals surface area contributed by atoms with Crippen LogP contribution in [0.3, 0.4) is 0 Å². The summed E-state index contributed by atoms with van der Waals surface area (Å²) in [5.74, 6) is -1.01. The summed E-state index contributed by atoms with van der Waals surface area (Å²) in [6.07, 6.45) is -0.236. The van der Waals surface area contributed by atoms with E-state index in [0.29, 0.717) is 27.2 Å². The van der Waals surface area contributed by atoms with Gasteiger partial charge >= 0.3 is 5.97 Å². The molecule has 2 aliphatic heterocycles. The van der Waals surface area contributed by atoms with Crippen molar-refractivity contribution in [2.24, 2.45) is 4.99 Å². The normalized spacial score (nSPS) is 17.2. The number of fused-ring (bicyclic) bond motifs is 1. The van der Waals surface area contributed by atoms with Gasteiger partial charge in [-0.2, -0.15) is 0 Å². The van der Waals surface area contributed by atoms with E-state index in [1.807, 2.05) is 28.5 Å². The van der Waals surface area contributed by atoms with Crippen LogP contribution in [0, 0.1) is 5.82 Å². The fraction of sp³-hybridized carbons (Fsp3) is 0.269. The molecule has 0 aliphatic carbocycles. The molecule has 35 heavy (non-hydrogen) atoms. The molecule has 0 saturated heterocycles. The molecule has 6 nitrogen and oxygen atoms in total. The Balaban J connectivity index is 1.61. The number of thioether (sulfide) groups is 1. The summed E-state index contributed by atoms with van der Waals surface area (Å²) in [7, 11) is 0. The number of nitrogens with zero attached hydrogens (tertiary/aromatic N) is 2. The molecule has 0 saturated carbocycles. The molecule has 0 bridgehead atoms. The van der Waals surface area contributed by atoms with Crippen molar-refractivity contribution in [3.63, 3.8) is 0 Å². The minimum Gasteiger partial charge on any atom is -0.459 e. The average molecular weight is 514 g/mol. The lowest BCUT2D eigenvalue weighted by molar-refractivity contribution is -0.143. The molecule has 1 unspecified atom stereocenters. The van der Waals surface area contributed by atoms with Crippen LogP contribution in [0.5, 0.6) is 0 Å². The summed E-state index contributed by atoms with van der Waals surface area (Å²) >= 11 is 7.97. The van der Waals surface area contributed by atoms with Gasteiger partial charge in [-0.3, -0.25) is 4.79 Å².